The molecule has 2 nitrogen and oxygen atoms in total. The van der Waals surface area contributed by atoms with Gasteiger partial charge in [-0.25, -0.2) is 0 Å². The van der Waals surface area contributed by atoms with Crippen molar-refractivity contribution in [2.24, 2.45) is 11.1 Å². The van der Waals surface area contributed by atoms with Gasteiger partial charge in [0, 0.05) is 5.54 Å². The van der Waals surface area contributed by atoms with E-state index in [1.54, 1.807) is 0 Å². The van der Waals surface area contributed by atoms with Crippen LogP contribution in [0.2, 0.25) is 0 Å². The third-order valence-electron chi connectivity index (χ3n) is 4.01. The topological polar surface area (TPSA) is 46.2 Å². The first-order chi connectivity index (χ1) is 5.37. The summed E-state index contributed by atoms with van der Waals surface area (Å²) in [6.07, 6.45) is 6.10. The molecule has 3 N–H and O–H groups in total. The number of rotatable bonds is 1. The Balaban J connectivity index is 2.01. The van der Waals surface area contributed by atoms with Gasteiger partial charge in [-0.3, -0.25) is 0 Å². The number of hydrogen-bond donors (Lipinski definition) is 2. The molecule has 0 aromatic rings. The van der Waals surface area contributed by atoms with Crippen LogP contribution in [0.1, 0.15) is 46.0 Å². The largest absolute Gasteiger partial charge is 0.389 e. The van der Waals surface area contributed by atoms with Gasteiger partial charge in [0.05, 0.1) is 5.60 Å². The molecular weight excluding hydrogens is 150 g/mol. The Hall–Kier alpha value is -0.0800. The Morgan fingerprint density at radius 3 is 2.00 bits per heavy atom. The number of hydrogen-bond acceptors (Lipinski definition) is 2. The van der Waals surface area contributed by atoms with Gasteiger partial charge in [0.2, 0.25) is 0 Å². The molecule has 0 unspecified atom stereocenters. The van der Waals surface area contributed by atoms with E-state index >= 15 is 0 Å². The Morgan fingerprint density at radius 1 is 1.25 bits per heavy atom. The molecule has 0 heterocycles. The number of aliphatic hydroxyl groups is 1. The molecule has 2 saturated carbocycles. The summed E-state index contributed by atoms with van der Waals surface area (Å²) < 4.78 is 0. The second-order valence-corrected chi connectivity index (χ2v) is 5.42. The summed E-state index contributed by atoms with van der Waals surface area (Å²) in [4.78, 5) is 0. The molecule has 2 rings (SSSR count). The van der Waals surface area contributed by atoms with Crippen LogP contribution in [0.25, 0.3) is 0 Å². The van der Waals surface area contributed by atoms with Gasteiger partial charge < -0.3 is 10.8 Å². The predicted molar refractivity (Wildman–Crippen MR) is 48.7 cm³/mol. The molecular formula is C10H19NO. The van der Waals surface area contributed by atoms with Gasteiger partial charge in [-0.15, -0.1) is 0 Å². The molecule has 0 saturated heterocycles. The zero-order valence-corrected chi connectivity index (χ0v) is 8.06. The zero-order valence-electron chi connectivity index (χ0n) is 8.06. The van der Waals surface area contributed by atoms with Gasteiger partial charge in [0.15, 0.2) is 0 Å². The van der Waals surface area contributed by atoms with Crippen molar-refractivity contribution in [1.29, 1.82) is 0 Å². The molecule has 0 aliphatic heterocycles. The third-order valence-corrected chi connectivity index (χ3v) is 4.01. The van der Waals surface area contributed by atoms with Crippen molar-refractivity contribution in [3.63, 3.8) is 0 Å². The minimum Gasteiger partial charge on any atom is -0.389 e. The number of nitrogens with two attached hydrogens (primary N) is 1. The second kappa shape index (κ2) is 2.05. The van der Waals surface area contributed by atoms with Crippen LogP contribution in [0.4, 0.5) is 0 Å². The van der Waals surface area contributed by atoms with Crippen molar-refractivity contribution >= 4 is 0 Å². The maximum atomic E-state index is 9.82. The molecule has 0 amide bonds. The van der Waals surface area contributed by atoms with E-state index in [1.807, 2.05) is 13.8 Å². The maximum absolute atomic E-state index is 9.82. The summed E-state index contributed by atoms with van der Waals surface area (Å²) in [6.45, 7) is 3.66. The van der Waals surface area contributed by atoms with Gasteiger partial charge in [0.1, 0.15) is 0 Å². The van der Waals surface area contributed by atoms with E-state index in [4.69, 9.17) is 5.73 Å². The molecule has 0 bridgehead atoms. The van der Waals surface area contributed by atoms with Gasteiger partial charge >= 0.3 is 0 Å². The van der Waals surface area contributed by atoms with Crippen LogP contribution in [-0.4, -0.2) is 16.2 Å². The van der Waals surface area contributed by atoms with Crippen molar-refractivity contribution in [2.45, 2.75) is 57.1 Å². The first-order valence-electron chi connectivity index (χ1n) is 4.88. The lowest BCUT2D eigenvalue weighted by molar-refractivity contribution is -0.137. The fourth-order valence-corrected chi connectivity index (χ4v) is 2.75. The molecule has 0 aromatic heterocycles. The van der Waals surface area contributed by atoms with Crippen LogP contribution < -0.4 is 5.73 Å². The molecule has 2 aliphatic carbocycles. The summed E-state index contributed by atoms with van der Waals surface area (Å²) in [5.74, 6) is 0. The third kappa shape index (κ3) is 0.944. The van der Waals surface area contributed by atoms with Gasteiger partial charge in [-0.1, -0.05) is 6.42 Å². The van der Waals surface area contributed by atoms with Crippen molar-refractivity contribution in [3.8, 4) is 0 Å². The minimum atomic E-state index is -0.701. The monoisotopic (exact) mass is 169 g/mol. The highest BCUT2D eigenvalue weighted by Gasteiger charge is 2.60. The lowest BCUT2D eigenvalue weighted by Gasteiger charge is -2.63. The molecule has 0 atom stereocenters. The molecule has 70 valence electrons. The van der Waals surface area contributed by atoms with Gasteiger partial charge in [0.25, 0.3) is 0 Å². The summed E-state index contributed by atoms with van der Waals surface area (Å²) in [5, 5.41) is 9.82. The molecule has 2 aliphatic rings. The van der Waals surface area contributed by atoms with Gasteiger partial charge in [-0.05, 0) is 44.9 Å². The standard InChI is InChI=1S/C10H19NO/c1-8(2,12)10(11)6-9(7-10)4-3-5-9/h12H,3-7,11H2,1-2H3. The van der Waals surface area contributed by atoms with Crippen LogP contribution in [0.5, 0.6) is 0 Å². The minimum absolute atomic E-state index is 0.298. The quantitative estimate of drug-likeness (QED) is 0.623. The van der Waals surface area contributed by atoms with E-state index in [1.165, 1.54) is 19.3 Å². The average molecular weight is 169 g/mol. The fourth-order valence-electron chi connectivity index (χ4n) is 2.75. The van der Waals surface area contributed by atoms with Crippen molar-refractivity contribution in [3.05, 3.63) is 0 Å². The summed E-state index contributed by atoms with van der Waals surface area (Å²) in [7, 11) is 0. The van der Waals surface area contributed by atoms with Crippen molar-refractivity contribution in [1.82, 2.24) is 0 Å². The van der Waals surface area contributed by atoms with Crippen LogP contribution in [0.3, 0.4) is 0 Å². The zero-order chi connectivity index (χ0) is 9.04. The van der Waals surface area contributed by atoms with E-state index in [0.29, 0.717) is 5.41 Å². The van der Waals surface area contributed by atoms with Crippen LogP contribution in [-0.2, 0) is 0 Å². The van der Waals surface area contributed by atoms with E-state index < -0.39 is 5.60 Å². The lowest BCUT2D eigenvalue weighted by Crippen LogP contribution is -2.70. The fraction of sp³-hybridized carbons (Fsp3) is 1.00. The molecule has 0 radical (unpaired) electrons. The summed E-state index contributed by atoms with van der Waals surface area (Å²) in [5.41, 5.74) is 5.67. The van der Waals surface area contributed by atoms with E-state index in [0.717, 1.165) is 12.8 Å². The summed E-state index contributed by atoms with van der Waals surface area (Å²) >= 11 is 0. The van der Waals surface area contributed by atoms with E-state index in [-0.39, 0.29) is 5.54 Å². The SMILES string of the molecule is CC(C)(O)C1(N)CC2(CCC2)C1. The smallest absolute Gasteiger partial charge is 0.0770 e. The average Bonchev–Trinajstić information content (AvgIpc) is 1.73. The van der Waals surface area contributed by atoms with Crippen LogP contribution in [0, 0.1) is 5.41 Å². The maximum Gasteiger partial charge on any atom is 0.0770 e. The van der Waals surface area contributed by atoms with Crippen LogP contribution in [0.15, 0.2) is 0 Å². The Kier molecular flexibility index (Phi) is 1.45. The van der Waals surface area contributed by atoms with Crippen molar-refractivity contribution in [2.75, 3.05) is 0 Å². The second-order valence-electron chi connectivity index (χ2n) is 5.42. The molecule has 12 heavy (non-hydrogen) atoms. The Morgan fingerprint density at radius 2 is 1.75 bits per heavy atom. The van der Waals surface area contributed by atoms with Crippen molar-refractivity contribution < 1.29 is 5.11 Å². The van der Waals surface area contributed by atoms with E-state index in [9.17, 15) is 5.11 Å². The predicted octanol–water partition coefficient (Wildman–Crippen LogP) is 1.42. The normalized spacial score (nSPS) is 31.0. The molecule has 1 spiro atoms. The first-order valence-corrected chi connectivity index (χ1v) is 4.88. The van der Waals surface area contributed by atoms with E-state index in [2.05, 4.69) is 0 Å². The van der Waals surface area contributed by atoms with Crippen LogP contribution >= 0.6 is 0 Å². The molecule has 2 fully saturated rings. The highest BCUT2D eigenvalue weighted by Crippen LogP contribution is 2.61. The Labute approximate surface area is 74.1 Å². The highest BCUT2D eigenvalue weighted by atomic mass is 16.3. The van der Waals surface area contributed by atoms with Gasteiger partial charge in [-0.2, -0.15) is 0 Å². The lowest BCUT2D eigenvalue weighted by atomic mass is 9.45. The summed E-state index contributed by atoms with van der Waals surface area (Å²) in [6, 6.07) is 0. The first kappa shape index (κ1) is 8.52. The molecule has 0 aromatic carbocycles. The Bertz CT molecular complexity index is 192. The molecule has 2 heteroatoms. The highest BCUT2D eigenvalue weighted by molar-refractivity contribution is 5.16.